The number of carbonyl (C=O) groups is 4. The Morgan fingerprint density at radius 3 is 0.800 bits per heavy atom. The van der Waals surface area contributed by atoms with E-state index in [-0.39, 0.29) is 26.2 Å². The van der Waals surface area contributed by atoms with E-state index in [1.165, 1.54) is 0 Å². The maximum Gasteiger partial charge on any atom is 0.233 e. The number of hydrogen-bond donors (Lipinski definition) is 8. The molecule has 8 N–H and O–H groups in total. The molecule has 30 heavy (non-hydrogen) atoms. The first-order chi connectivity index (χ1) is 14.6. The minimum atomic E-state index is -1.46. The van der Waals surface area contributed by atoms with Crippen molar-refractivity contribution < 1.29 is 19.2 Å². The molecule has 0 radical (unpaired) electrons. The van der Waals surface area contributed by atoms with Crippen LogP contribution in [0.5, 0.6) is 0 Å². The average Bonchev–Trinajstić information content (AvgIpc) is 2.75. The van der Waals surface area contributed by atoms with Crippen LogP contribution in [0.3, 0.4) is 0 Å². The lowest BCUT2D eigenvalue weighted by Gasteiger charge is -2.24. The highest BCUT2D eigenvalue weighted by Crippen LogP contribution is 2.15. The number of hydrogen-bond acceptors (Lipinski definition) is 8. The fourth-order valence-corrected chi connectivity index (χ4v) is 3.23. The monoisotopic (exact) mass is 426 g/mol. The summed E-state index contributed by atoms with van der Waals surface area (Å²) in [6.45, 7) is 6.10. The summed E-state index contributed by atoms with van der Waals surface area (Å²) in [5.41, 5.74) is 0. The van der Waals surface area contributed by atoms with Gasteiger partial charge in [-0.2, -0.15) is 0 Å². The standard InChI is InChI=1S/C18H34N8O4/c27-15-13(16(28)24-10-6-20-2-1-19-5-9-23-15)14-17(29)25-11-7-21-3-4-22-8-12-26-18(14)30/h13-14,19-22H,1-12H2,(H,23,27)(H,24,28)(H,25,29)(H,26,30). The zero-order valence-corrected chi connectivity index (χ0v) is 17.3. The van der Waals surface area contributed by atoms with Crippen molar-refractivity contribution in [2.45, 2.75) is 0 Å². The summed E-state index contributed by atoms with van der Waals surface area (Å²) < 4.78 is 0. The minimum absolute atomic E-state index is 0.284. The second kappa shape index (κ2) is 13.9. The smallest absolute Gasteiger partial charge is 0.233 e. The molecule has 0 atom stereocenters. The van der Waals surface area contributed by atoms with E-state index in [4.69, 9.17) is 0 Å². The first kappa shape index (κ1) is 24.0. The van der Waals surface area contributed by atoms with Crippen molar-refractivity contribution >= 4 is 23.6 Å². The lowest BCUT2D eigenvalue weighted by atomic mass is 9.88. The van der Waals surface area contributed by atoms with Gasteiger partial charge in [-0.15, -0.1) is 0 Å². The molecule has 170 valence electrons. The van der Waals surface area contributed by atoms with Gasteiger partial charge in [-0.25, -0.2) is 0 Å². The van der Waals surface area contributed by atoms with E-state index >= 15 is 0 Å². The fraction of sp³-hybridized carbons (Fsp3) is 0.778. The van der Waals surface area contributed by atoms with Crippen molar-refractivity contribution in [1.82, 2.24) is 42.5 Å². The van der Waals surface area contributed by atoms with E-state index in [0.29, 0.717) is 26.2 Å². The van der Waals surface area contributed by atoms with E-state index in [1.54, 1.807) is 0 Å². The van der Waals surface area contributed by atoms with Crippen molar-refractivity contribution in [3.05, 3.63) is 0 Å². The van der Waals surface area contributed by atoms with Crippen LogP contribution in [0.25, 0.3) is 0 Å². The molecule has 2 rings (SSSR count). The molecule has 0 aromatic heterocycles. The molecule has 12 heteroatoms. The average molecular weight is 427 g/mol. The van der Waals surface area contributed by atoms with E-state index in [9.17, 15) is 19.2 Å². The van der Waals surface area contributed by atoms with Crippen molar-refractivity contribution in [2.24, 2.45) is 11.8 Å². The maximum atomic E-state index is 12.8. The van der Waals surface area contributed by atoms with Crippen molar-refractivity contribution in [2.75, 3.05) is 78.5 Å². The first-order valence-electron chi connectivity index (χ1n) is 10.5. The van der Waals surface area contributed by atoms with Gasteiger partial charge in [-0.3, -0.25) is 19.2 Å². The quantitative estimate of drug-likeness (QED) is 0.193. The Kier molecular flexibility index (Phi) is 11.1. The van der Waals surface area contributed by atoms with Crippen LogP contribution in [-0.2, 0) is 19.2 Å². The van der Waals surface area contributed by atoms with Gasteiger partial charge in [-0.05, 0) is 0 Å². The third kappa shape index (κ3) is 8.22. The predicted octanol–water partition coefficient (Wildman–Crippen LogP) is -4.93. The molecule has 12 nitrogen and oxygen atoms in total. The Labute approximate surface area is 176 Å². The third-order valence-electron chi connectivity index (χ3n) is 4.82. The molecule has 0 unspecified atom stereocenters. The summed E-state index contributed by atoms with van der Waals surface area (Å²) in [7, 11) is 0. The highest BCUT2D eigenvalue weighted by Gasteiger charge is 2.43. The number of amides is 4. The summed E-state index contributed by atoms with van der Waals surface area (Å²) in [5.74, 6) is -5.49. The van der Waals surface area contributed by atoms with Crippen molar-refractivity contribution in [3.8, 4) is 0 Å². The first-order valence-corrected chi connectivity index (χ1v) is 10.5. The SMILES string of the molecule is O=C1NCCNCCNCCNC(=O)C1C1C(=O)NCCNCCNCCNC1=O. The number of rotatable bonds is 1. The van der Waals surface area contributed by atoms with Crippen LogP contribution >= 0.6 is 0 Å². The van der Waals surface area contributed by atoms with Crippen LogP contribution in [0.15, 0.2) is 0 Å². The molecule has 0 spiro atoms. The molecule has 0 aromatic carbocycles. The normalized spacial score (nSPS) is 23.6. The highest BCUT2D eigenvalue weighted by molar-refractivity contribution is 6.12. The Hall–Kier alpha value is -2.28. The summed E-state index contributed by atoms with van der Waals surface area (Å²) in [6, 6.07) is 0. The lowest BCUT2D eigenvalue weighted by molar-refractivity contribution is -0.149. The van der Waals surface area contributed by atoms with Gasteiger partial charge < -0.3 is 42.5 Å². The topological polar surface area (TPSA) is 165 Å². The van der Waals surface area contributed by atoms with Gasteiger partial charge in [0.25, 0.3) is 0 Å². The molecule has 2 aliphatic heterocycles. The zero-order chi connectivity index (χ0) is 21.6. The summed E-state index contributed by atoms with van der Waals surface area (Å²) in [4.78, 5) is 51.4. The minimum Gasteiger partial charge on any atom is -0.354 e. The molecule has 0 aromatic rings. The van der Waals surface area contributed by atoms with Gasteiger partial charge in [0.15, 0.2) is 0 Å². The molecule has 0 bridgehead atoms. The van der Waals surface area contributed by atoms with Crippen LogP contribution in [0.4, 0.5) is 0 Å². The van der Waals surface area contributed by atoms with Gasteiger partial charge >= 0.3 is 0 Å². The molecular formula is C18H34N8O4. The summed E-state index contributed by atoms with van der Waals surface area (Å²) in [6.07, 6.45) is 0. The molecule has 2 heterocycles. The van der Waals surface area contributed by atoms with Gasteiger partial charge in [0.05, 0.1) is 0 Å². The van der Waals surface area contributed by atoms with Gasteiger partial charge in [0.1, 0.15) is 11.8 Å². The predicted molar refractivity (Wildman–Crippen MR) is 110 cm³/mol. The molecule has 2 saturated heterocycles. The Bertz CT molecular complexity index is 491. The Morgan fingerprint density at radius 2 is 0.567 bits per heavy atom. The van der Waals surface area contributed by atoms with Crippen LogP contribution in [0.1, 0.15) is 0 Å². The number of nitrogens with one attached hydrogen (secondary N) is 8. The van der Waals surface area contributed by atoms with Crippen molar-refractivity contribution in [3.63, 3.8) is 0 Å². The molecule has 0 saturated carbocycles. The molecule has 0 aliphatic carbocycles. The highest BCUT2D eigenvalue weighted by atomic mass is 16.2. The van der Waals surface area contributed by atoms with E-state index in [2.05, 4.69) is 42.5 Å². The number of carbonyl (C=O) groups excluding carboxylic acids is 4. The van der Waals surface area contributed by atoms with Crippen LogP contribution in [-0.4, -0.2) is 102 Å². The largest absolute Gasteiger partial charge is 0.354 e. The van der Waals surface area contributed by atoms with E-state index < -0.39 is 35.5 Å². The zero-order valence-electron chi connectivity index (χ0n) is 17.3. The van der Waals surface area contributed by atoms with E-state index in [1.807, 2.05) is 0 Å². The van der Waals surface area contributed by atoms with E-state index in [0.717, 1.165) is 26.2 Å². The summed E-state index contributed by atoms with van der Waals surface area (Å²) >= 11 is 0. The fourth-order valence-electron chi connectivity index (χ4n) is 3.23. The summed E-state index contributed by atoms with van der Waals surface area (Å²) in [5, 5.41) is 23.3. The maximum absolute atomic E-state index is 12.8. The van der Waals surface area contributed by atoms with Crippen LogP contribution in [0, 0.1) is 11.8 Å². The second-order valence-corrected chi connectivity index (χ2v) is 7.12. The molecule has 2 aliphatic rings. The second-order valence-electron chi connectivity index (χ2n) is 7.12. The van der Waals surface area contributed by atoms with Crippen LogP contribution in [0.2, 0.25) is 0 Å². The Morgan fingerprint density at radius 1 is 0.367 bits per heavy atom. The molecule has 4 amide bonds. The Balaban J connectivity index is 2.20. The third-order valence-corrected chi connectivity index (χ3v) is 4.82. The van der Waals surface area contributed by atoms with Crippen LogP contribution < -0.4 is 42.5 Å². The van der Waals surface area contributed by atoms with Gasteiger partial charge in [0.2, 0.25) is 23.6 Å². The van der Waals surface area contributed by atoms with Crippen molar-refractivity contribution in [1.29, 1.82) is 0 Å². The molecule has 2 fully saturated rings. The van der Waals surface area contributed by atoms with Gasteiger partial charge in [0, 0.05) is 78.5 Å². The lowest BCUT2D eigenvalue weighted by Crippen LogP contribution is -2.55. The molecular weight excluding hydrogens is 392 g/mol. The van der Waals surface area contributed by atoms with Gasteiger partial charge in [-0.1, -0.05) is 0 Å².